The molecule has 2 atom stereocenters. The smallest absolute Gasteiger partial charge is 0.0285 e. The van der Waals surface area contributed by atoms with Gasteiger partial charge in [0.1, 0.15) is 0 Å². The largest absolute Gasteiger partial charge is 0.148 e. The van der Waals surface area contributed by atoms with E-state index in [0.29, 0.717) is 0 Å². The lowest BCUT2D eigenvalue weighted by Gasteiger charge is -2.18. The van der Waals surface area contributed by atoms with E-state index in [0.717, 1.165) is 10.7 Å². The number of halogens is 2. The Hall–Kier alpha value is 0.660. The summed E-state index contributed by atoms with van der Waals surface area (Å²) in [6.45, 7) is 0. The molecule has 0 bridgehead atoms. The van der Waals surface area contributed by atoms with Gasteiger partial charge in [-0.1, -0.05) is 35.2 Å². The normalized spacial score (nSPS) is 27.6. The molecule has 1 aromatic heterocycles. The van der Waals surface area contributed by atoms with Crippen molar-refractivity contribution in [2.75, 3.05) is 0 Å². The molecule has 1 aromatic rings. The summed E-state index contributed by atoms with van der Waals surface area (Å²) in [5.41, 5.74) is 0. The Bertz CT molecular complexity index is 308. The van der Waals surface area contributed by atoms with Crippen LogP contribution in [0.2, 0.25) is 0 Å². The molecule has 2 unspecified atom stereocenters. The molecule has 15 heavy (non-hydrogen) atoms. The van der Waals surface area contributed by atoms with Crippen LogP contribution < -0.4 is 0 Å². The first kappa shape index (κ1) is 12.1. The summed E-state index contributed by atoms with van der Waals surface area (Å²) in [6, 6.07) is 2.27. The molecule has 0 spiro atoms. The maximum atomic E-state index is 3.86. The first-order valence-corrected chi connectivity index (χ1v) is 8.21. The van der Waals surface area contributed by atoms with Crippen LogP contribution in [0.5, 0.6) is 0 Å². The lowest BCUT2D eigenvalue weighted by Crippen LogP contribution is -2.14. The highest BCUT2D eigenvalue weighted by atomic mass is 79.9. The highest BCUT2D eigenvalue weighted by Gasteiger charge is 2.21. The molecule has 0 nitrogen and oxygen atoms in total. The van der Waals surface area contributed by atoms with Crippen LogP contribution in [0.4, 0.5) is 0 Å². The van der Waals surface area contributed by atoms with Crippen molar-refractivity contribution in [1.29, 1.82) is 0 Å². The van der Waals surface area contributed by atoms with E-state index in [-0.39, 0.29) is 0 Å². The second-order valence-electron chi connectivity index (χ2n) is 4.35. The molecule has 0 saturated heterocycles. The van der Waals surface area contributed by atoms with E-state index in [1.807, 2.05) is 11.3 Å². The topological polar surface area (TPSA) is 0 Å². The molecule has 1 aliphatic carbocycles. The van der Waals surface area contributed by atoms with E-state index in [1.165, 1.54) is 47.9 Å². The van der Waals surface area contributed by atoms with Crippen LogP contribution in [0.25, 0.3) is 0 Å². The van der Waals surface area contributed by atoms with E-state index in [4.69, 9.17) is 0 Å². The molecule has 1 aliphatic rings. The van der Waals surface area contributed by atoms with Gasteiger partial charge in [-0.05, 0) is 47.2 Å². The van der Waals surface area contributed by atoms with Crippen molar-refractivity contribution < 1.29 is 0 Å². The van der Waals surface area contributed by atoms with Crippen LogP contribution in [-0.2, 0) is 6.42 Å². The molecular formula is C12H16Br2S. The van der Waals surface area contributed by atoms with Crippen molar-refractivity contribution in [2.45, 2.75) is 43.4 Å². The Labute approximate surface area is 113 Å². The number of rotatable bonds is 2. The van der Waals surface area contributed by atoms with E-state index in [9.17, 15) is 0 Å². The highest BCUT2D eigenvalue weighted by molar-refractivity contribution is 9.10. The number of alkyl halides is 1. The van der Waals surface area contributed by atoms with Crippen LogP contribution in [0.3, 0.4) is 0 Å². The maximum absolute atomic E-state index is 3.86. The van der Waals surface area contributed by atoms with Gasteiger partial charge in [-0.25, -0.2) is 0 Å². The van der Waals surface area contributed by atoms with Gasteiger partial charge in [-0.2, -0.15) is 0 Å². The SMILES string of the molecule is Brc1csc(CC2CCCCCC2Br)c1. The molecule has 0 aromatic carbocycles. The van der Waals surface area contributed by atoms with Crippen molar-refractivity contribution in [3.63, 3.8) is 0 Å². The third-order valence-corrected chi connectivity index (χ3v) is 6.08. The Balaban J connectivity index is 1.97. The second kappa shape index (κ2) is 5.83. The third-order valence-electron chi connectivity index (χ3n) is 3.15. The fourth-order valence-electron chi connectivity index (χ4n) is 2.29. The zero-order valence-corrected chi connectivity index (χ0v) is 12.7. The first-order chi connectivity index (χ1) is 7.25. The molecule has 0 N–H and O–H groups in total. The van der Waals surface area contributed by atoms with Crippen molar-refractivity contribution in [1.82, 2.24) is 0 Å². The first-order valence-electron chi connectivity index (χ1n) is 5.62. The molecule has 0 radical (unpaired) electrons. The van der Waals surface area contributed by atoms with Crippen molar-refractivity contribution in [2.24, 2.45) is 5.92 Å². The average molecular weight is 352 g/mol. The summed E-state index contributed by atoms with van der Waals surface area (Å²) >= 11 is 9.27. The van der Waals surface area contributed by atoms with Crippen LogP contribution in [-0.4, -0.2) is 4.83 Å². The van der Waals surface area contributed by atoms with Gasteiger partial charge >= 0.3 is 0 Å². The molecule has 1 saturated carbocycles. The zero-order valence-electron chi connectivity index (χ0n) is 8.72. The van der Waals surface area contributed by atoms with E-state index in [2.05, 4.69) is 43.3 Å². The summed E-state index contributed by atoms with van der Waals surface area (Å²) in [6.07, 6.45) is 8.25. The summed E-state index contributed by atoms with van der Waals surface area (Å²) < 4.78 is 1.24. The predicted molar refractivity (Wildman–Crippen MR) is 75.0 cm³/mol. The van der Waals surface area contributed by atoms with Gasteiger partial charge in [0, 0.05) is 19.6 Å². The predicted octanol–water partition coefficient (Wildman–Crippen LogP) is 5.40. The maximum Gasteiger partial charge on any atom is 0.0285 e. The quantitative estimate of drug-likeness (QED) is 0.494. The standard InChI is InChI=1S/C12H16Br2S/c13-10-7-11(15-8-10)6-9-4-2-1-3-5-12(9)14/h7-9,12H,1-6H2. The summed E-state index contributed by atoms with van der Waals surface area (Å²) in [5.74, 6) is 0.845. The fraction of sp³-hybridized carbons (Fsp3) is 0.667. The zero-order chi connectivity index (χ0) is 10.7. The van der Waals surface area contributed by atoms with Crippen molar-refractivity contribution in [3.8, 4) is 0 Å². The van der Waals surface area contributed by atoms with Crippen LogP contribution in [0, 0.1) is 5.92 Å². The third kappa shape index (κ3) is 3.57. The fourth-order valence-corrected chi connectivity index (χ4v) is 4.61. The van der Waals surface area contributed by atoms with Gasteiger partial charge in [-0.3, -0.25) is 0 Å². The van der Waals surface area contributed by atoms with Crippen LogP contribution >= 0.6 is 43.2 Å². The minimum atomic E-state index is 0.737. The molecule has 0 amide bonds. The van der Waals surface area contributed by atoms with E-state index in [1.54, 1.807) is 0 Å². The molecule has 84 valence electrons. The lowest BCUT2D eigenvalue weighted by molar-refractivity contribution is 0.479. The number of thiophene rings is 1. The Morgan fingerprint density at radius 1 is 1.27 bits per heavy atom. The van der Waals surface area contributed by atoms with Gasteiger partial charge in [0.2, 0.25) is 0 Å². The Morgan fingerprint density at radius 3 is 2.80 bits per heavy atom. The molecule has 1 heterocycles. The number of hydrogen-bond donors (Lipinski definition) is 0. The molecule has 3 heteroatoms. The minimum Gasteiger partial charge on any atom is -0.148 e. The minimum absolute atomic E-state index is 0.737. The van der Waals surface area contributed by atoms with Crippen molar-refractivity contribution in [3.05, 3.63) is 20.8 Å². The van der Waals surface area contributed by atoms with E-state index < -0.39 is 0 Å². The molecule has 0 aliphatic heterocycles. The van der Waals surface area contributed by atoms with Gasteiger partial charge in [0.25, 0.3) is 0 Å². The summed E-state index contributed by atoms with van der Waals surface area (Å²) in [4.78, 5) is 2.26. The monoisotopic (exact) mass is 350 g/mol. The molecule has 1 fully saturated rings. The lowest BCUT2D eigenvalue weighted by atomic mass is 9.96. The van der Waals surface area contributed by atoms with Crippen molar-refractivity contribution >= 4 is 43.2 Å². The van der Waals surface area contributed by atoms with Gasteiger partial charge in [-0.15, -0.1) is 11.3 Å². The highest BCUT2D eigenvalue weighted by Crippen LogP contribution is 2.33. The molecular weight excluding hydrogens is 336 g/mol. The van der Waals surface area contributed by atoms with Crippen LogP contribution in [0.1, 0.15) is 37.0 Å². The van der Waals surface area contributed by atoms with Gasteiger partial charge in [0.15, 0.2) is 0 Å². The van der Waals surface area contributed by atoms with E-state index >= 15 is 0 Å². The van der Waals surface area contributed by atoms with Gasteiger partial charge < -0.3 is 0 Å². The van der Waals surface area contributed by atoms with Gasteiger partial charge in [0.05, 0.1) is 0 Å². The Morgan fingerprint density at radius 2 is 2.07 bits per heavy atom. The number of hydrogen-bond acceptors (Lipinski definition) is 1. The summed E-state index contributed by atoms with van der Waals surface area (Å²) in [7, 11) is 0. The molecule has 2 rings (SSSR count). The Kier molecular flexibility index (Phi) is 4.71. The second-order valence-corrected chi connectivity index (χ2v) is 7.44. The van der Waals surface area contributed by atoms with Crippen LogP contribution in [0.15, 0.2) is 15.9 Å². The summed E-state index contributed by atoms with van der Waals surface area (Å²) in [5, 5.41) is 2.19. The average Bonchev–Trinajstić information content (AvgIpc) is 2.50.